The highest BCUT2D eigenvalue weighted by atomic mass is 14.4. The first-order valence-electron chi connectivity index (χ1n) is 8.11. The third-order valence-electron chi connectivity index (χ3n) is 5.65. The van der Waals surface area contributed by atoms with E-state index in [0.29, 0.717) is 5.41 Å². The Bertz CT molecular complexity index is 220. The van der Waals surface area contributed by atoms with Crippen LogP contribution < -0.4 is 0 Å². The van der Waals surface area contributed by atoms with Crippen molar-refractivity contribution in [2.75, 3.05) is 0 Å². The van der Waals surface area contributed by atoms with Gasteiger partial charge in [-0.1, -0.05) is 78.6 Å². The Labute approximate surface area is 109 Å². The third kappa shape index (κ3) is 3.26. The van der Waals surface area contributed by atoms with Gasteiger partial charge >= 0.3 is 0 Å². The molecule has 0 N–H and O–H groups in total. The fourth-order valence-electron chi connectivity index (χ4n) is 4.94. The molecule has 0 heterocycles. The van der Waals surface area contributed by atoms with Crippen LogP contribution in [0.3, 0.4) is 0 Å². The zero-order valence-electron chi connectivity index (χ0n) is 12.3. The SMILES string of the molecule is CC1CCCCC(C)(C)C1C1CCCCCC1. The van der Waals surface area contributed by atoms with Crippen molar-refractivity contribution in [3.8, 4) is 0 Å². The largest absolute Gasteiger partial charge is 0.0622 e. The Balaban J connectivity index is 2.12. The van der Waals surface area contributed by atoms with Gasteiger partial charge in [-0.25, -0.2) is 0 Å². The van der Waals surface area contributed by atoms with Gasteiger partial charge in [-0.15, -0.1) is 0 Å². The molecule has 0 heteroatoms. The summed E-state index contributed by atoms with van der Waals surface area (Å²) in [5.41, 5.74) is 0.602. The standard InChI is InChI=1S/C17H32/c1-14-10-8-9-13-17(2,3)16(14)15-11-6-4-5-7-12-15/h14-16H,4-13H2,1-3H3. The van der Waals surface area contributed by atoms with E-state index >= 15 is 0 Å². The van der Waals surface area contributed by atoms with E-state index in [9.17, 15) is 0 Å². The molecule has 0 aromatic carbocycles. The highest BCUT2D eigenvalue weighted by Crippen LogP contribution is 2.49. The summed E-state index contributed by atoms with van der Waals surface area (Å²) in [5, 5.41) is 0. The highest BCUT2D eigenvalue weighted by molar-refractivity contribution is 4.89. The second-order valence-electron chi connectivity index (χ2n) is 7.49. The fraction of sp³-hybridized carbons (Fsp3) is 1.00. The van der Waals surface area contributed by atoms with Gasteiger partial charge < -0.3 is 0 Å². The van der Waals surface area contributed by atoms with Crippen molar-refractivity contribution in [2.45, 2.75) is 85.0 Å². The van der Waals surface area contributed by atoms with Crippen molar-refractivity contribution in [1.29, 1.82) is 0 Å². The predicted molar refractivity (Wildman–Crippen MR) is 76.1 cm³/mol. The van der Waals surface area contributed by atoms with Gasteiger partial charge in [0.15, 0.2) is 0 Å². The van der Waals surface area contributed by atoms with Gasteiger partial charge in [0.2, 0.25) is 0 Å². The van der Waals surface area contributed by atoms with Crippen molar-refractivity contribution in [2.24, 2.45) is 23.2 Å². The van der Waals surface area contributed by atoms with E-state index < -0.39 is 0 Å². The quantitative estimate of drug-likeness (QED) is 0.504. The lowest BCUT2D eigenvalue weighted by Gasteiger charge is -2.42. The number of hydrogen-bond donors (Lipinski definition) is 0. The maximum absolute atomic E-state index is 2.56. The first-order chi connectivity index (χ1) is 8.11. The van der Waals surface area contributed by atoms with Crippen molar-refractivity contribution < 1.29 is 0 Å². The zero-order valence-corrected chi connectivity index (χ0v) is 12.3. The molecule has 2 fully saturated rings. The minimum atomic E-state index is 0.602. The molecule has 100 valence electrons. The Morgan fingerprint density at radius 2 is 1.35 bits per heavy atom. The Hall–Kier alpha value is 0. The van der Waals surface area contributed by atoms with E-state index in [1.165, 1.54) is 64.2 Å². The number of hydrogen-bond acceptors (Lipinski definition) is 0. The molecule has 2 rings (SSSR count). The van der Waals surface area contributed by atoms with Crippen LogP contribution in [0.4, 0.5) is 0 Å². The molecule has 0 saturated heterocycles. The molecule has 2 aliphatic carbocycles. The molecule has 0 amide bonds. The van der Waals surface area contributed by atoms with Crippen LogP contribution in [0.25, 0.3) is 0 Å². The molecule has 2 aliphatic rings. The summed E-state index contributed by atoms with van der Waals surface area (Å²) in [7, 11) is 0. The molecular formula is C17H32. The van der Waals surface area contributed by atoms with Crippen LogP contribution >= 0.6 is 0 Å². The second kappa shape index (κ2) is 5.76. The van der Waals surface area contributed by atoms with E-state index in [-0.39, 0.29) is 0 Å². The summed E-state index contributed by atoms with van der Waals surface area (Å²) in [6, 6.07) is 0. The Kier molecular flexibility index (Phi) is 4.55. The van der Waals surface area contributed by atoms with Gasteiger partial charge in [-0.05, 0) is 29.6 Å². The first kappa shape index (κ1) is 13.4. The zero-order chi connectivity index (χ0) is 12.3. The smallest absolute Gasteiger partial charge is 0.0309 e. The Morgan fingerprint density at radius 1 is 0.765 bits per heavy atom. The summed E-state index contributed by atoms with van der Waals surface area (Å²) in [6.45, 7) is 7.66. The van der Waals surface area contributed by atoms with Crippen LogP contribution in [0.1, 0.15) is 85.0 Å². The topological polar surface area (TPSA) is 0 Å². The maximum Gasteiger partial charge on any atom is -0.0309 e. The summed E-state index contributed by atoms with van der Waals surface area (Å²) in [5.74, 6) is 3.01. The molecular weight excluding hydrogens is 204 g/mol. The average molecular weight is 236 g/mol. The van der Waals surface area contributed by atoms with Crippen LogP contribution in [-0.4, -0.2) is 0 Å². The normalized spacial score (nSPS) is 36.2. The van der Waals surface area contributed by atoms with E-state index in [4.69, 9.17) is 0 Å². The maximum atomic E-state index is 2.56. The summed E-state index contributed by atoms with van der Waals surface area (Å²) in [6.07, 6.45) is 15.0. The van der Waals surface area contributed by atoms with Crippen LogP contribution in [0.2, 0.25) is 0 Å². The molecule has 17 heavy (non-hydrogen) atoms. The minimum Gasteiger partial charge on any atom is -0.0622 e. The van der Waals surface area contributed by atoms with Crippen molar-refractivity contribution in [3.63, 3.8) is 0 Å². The monoisotopic (exact) mass is 236 g/mol. The van der Waals surface area contributed by atoms with Gasteiger partial charge in [-0.3, -0.25) is 0 Å². The molecule has 0 aliphatic heterocycles. The summed E-state index contributed by atoms with van der Waals surface area (Å²) in [4.78, 5) is 0. The molecule has 0 radical (unpaired) electrons. The van der Waals surface area contributed by atoms with Crippen LogP contribution in [-0.2, 0) is 0 Å². The lowest BCUT2D eigenvalue weighted by molar-refractivity contribution is 0.0744. The van der Waals surface area contributed by atoms with E-state index in [1.54, 1.807) is 0 Å². The minimum absolute atomic E-state index is 0.602. The van der Waals surface area contributed by atoms with Crippen molar-refractivity contribution >= 4 is 0 Å². The van der Waals surface area contributed by atoms with E-state index in [0.717, 1.165) is 17.8 Å². The lowest BCUT2D eigenvalue weighted by atomic mass is 9.63. The molecule has 0 bridgehead atoms. The molecule has 0 aromatic heterocycles. The average Bonchev–Trinajstić information content (AvgIpc) is 2.58. The molecule has 0 spiro atoms. The van der Waals surface area contributed by atoms with E-state index in [1.807, 2.05) is 0 Å². The molecule has 2 unspecified atom stereocenters. The lowest BCUT2D eigenvalue weighted by Crippen LogP contribution is -2.34. The van der Waals surface area contributed by atoms with Gasteiger partial charge in [0.05, 0.1) is 0 Å². The van der Waals surface area contributed by atoms with Gasteiger partial charge in [0, 0.05) is 0 Å². The second-order valence-corrected chi connectivity index (χ2v) is 7.49. The Morgan fingerprint density at radius 3 is 2.00 bits per heavy atom. The molecule has 0 nitrogen and oxygen atoms in total. The van der Waals surface area contributed by atoms with E-state index in [2.05, 4.69) is 20.8 Å². The molecule has 2 atom stereocenters. The van der Waals surface area contributed by atoms with Gasteiger partial charge in [0.25, 0.3) is 0 Å². The predicted octanol–water partition coefficient (Wildman–Crippen LogP) is 5.81. The summed E-state index contributed by atoms with van der Waals surface area (Å²) < 4.78 is 0. The van der Waals surface area contributed by atoms with Crippen LogP contribution in [0.5, 0.6) is 0 Å². The fourth-order valence-corrected chi connectivity index (χ4v) is 4.94. The summed E-state index contributed by atoms with van der Waals surface area (Å²) >= 11 is 0. The molecule has 2 saturated carbocycles. The first-order valence-corrected chi connectivity index (χ1v) is 8.11. The van der Waals surface area contributed by atoms with Crippen LogP contribution in [0.15, 0.2) is 0 Å². The molecule has 0 aromatic rings. The van der Waals surface area contributed by atoms with Gasteiger partial charge in [-0.2, -0.15) is 0 Å². The van der Waals surface area contributed by atoms with Crippen molar-refractivity contribution in [3.05, 3.63) is 0 Å². The van der Waals surface area contributed by atoms with Gasteiger partial charge in [0.1, 0.15) is 0 Å². The highest BCUT2D eigenvalue weighted by Gasteiger charge is 2.39. The third-order valence-corrected chi connectivity index (χ3v) is 5.65. The van der Waals surface area contributed by atoms with Crippen LogP contribution in [0, 0.1) is 23.2 Å². The number of rotatable bonds is 1. The van der Waals surface area contributed by atoms with Crippen molar-refractivity contribution in [1.82, 2.24) is 0 Å².